The molecular formula is C12H17N3O2. The van der Waals surface area contributed by atoms with Crippen LogP contribution >= 0.6 is 0 Å². The van der Waals surface area contributed by atoms with Gasteiger partial charge in [0.05, 0.1) is 7.11 Å². The van der Waals surface area contributed by atoms with Crippen LogP contribution < -0.4 is 5.32 Å². The zero-order valence-corrected chi connectivity index (χ0v) is 10.2. The number of carbonyl (C=O) groups excluding carboxylic acids is 1. The van der Waals surface area contributed by atoms with Crippen molar-refractivity contribution in [2.45, 2.75) is 38.1 Å². The first-order valence-corrected chi connectivity index (χ1v) is 5.89. The number of nitrogens with zero attached hydrogens (tertiary/aromatic N) is 2. The van der Waals surface area contributed by atoms with E-state index < -0.39 is 5.97 Å². The van der Waals surface area contributed by atoms with E-state index in [0.29, 0.717) is 0 Å². The zero-order chi connectivity index (χ0) is 12.3. The molecule has 0 aliphatic heterocycles. The fourth-order valence-corrected chi connectivity index (χ4v) is 2.05. The molecule has 1 saturated carbocycles. The Morgan fingerprint density at radius 1 is 1.47 bits per heavy atom. The van der Waals surface area contributed by atoms with Gasteiger partial charge in [0.25, 0.3) is 0 Å². The summed E-state index contributed by atoms with van der Waals surface area (Å²) in [6.07, 6.45) is 4.68. The van der Waals surface area contributed by atoms with Crippen molar-refractivity contribution in [3.8, 4) is 0 Å². The van der Waals surface area contributed by atoms with E-state index in [2.05, 4.69) is 27.2 Å². The summed E-state index contributed by atoms with van der Waals surface area (Å²) in [6.45, 7) is 2.17. The van der Waals surface area contributed by atoms with Crippen molar-refractivity contribution in [3.63, 3.8) is 0 Å². The van der Waals surface area contributed by atoms with Crippen LogP contribution in [0.3, 0.4) is 0 Å². The molecule has 0 amide bonds. The first-order valence-electron chi connectivity index (χ1n) is 5.89. The molecule has 0 unspecified atom stereocenters. The van der Waals surface area contributed by atoms with Crippen LogP contribution in [-0.4, -0.2) is 28.8 Å². The molecule has 1 aliphatic rings. The molecule has 0 aromatic carbocycles. The van der Waals surface area contributed by atoms with E-state index in [0.717, 1.165) is 12.2 Å². The molecule has 0 radical (unpaired) electrons. The summed E-state index contributed by atoms with van der Waals surface area (Å²) in [4.78, 5) is 11.2. The Balaban J connectivity index is 2.05. The predicted molar refractivity (Wildman–Crippen MR) is 63.9 cm³/mol. The normalized spacial score (nSPS) is 17.1. The number of methoxy groups -OCH3 is 1. The van der Waals surface area contributed by atoms with E-state index in [-0.39, 0.29) is 11.2 Å². The lowest BCUT2D eigenvalue weighted by Crippen LogP contribution is -2.44. The van der Waals surface area contributed by atoms with Gasteiger partial charge >= 0.3 is 5.97 Å². The number of hydrogen-bond acceptors (Lipinski definition) is 5. The minimum atomic E-state index is -0.460. The summed E-state index contributed by atoms with van der Waals surface area (Å²) in [7, 11) is 1.33. The van der Waals surface area contributed by atoms with Gasteiger partial charge in [0.1, 0.15) is 5.82 Å². The highest BCUT2D eigenvalue weighted by Gasteiger charge is 2.35. The predicted octanol–water partition coefficient (Wildman–Crippen LogP) is 2.01. The van der Waals surface area contributed by atoms with Crippen molar-refractivity contribution < 1.29 is 9.53 Å². The summed E-state index contributed by atoms with van der Waals surface area (Å²) in [6, 6.07) is 3.40. The van der Waals surface area contributed by atoms with Crippen LogP contribution in [-0.2, 0) is 4.74 Å². The molecule has 5 heteroatoms. The minimum Gasteiger partial charge on any atom is -0.464 e. The van der Waals surface area contributed by atoms with Crippen LogP contribution in [0.25, 0.3) is 0 Å². The Morgan fingerprint density at radius 2 is 2.24 bits per heavy atom. The zero-order valence-electron chi connectivity index (χ0n) is 10.2. The van der Waals surface area contributed by atoms with Crippen LogP contribution in [0.5, 0.6) is 0 Å². The van der Waals surface area contributed by atoms with Crippen LogP contribution in [0, 0.1) is 0 Å². The van der Waals surface area contributed by atoms with Crippen LogP contribution in [0.2, 0.25) is 0 Å². The molecule has 0 atom stereocenters. The van der Waals surface area contributed by atoms with E-state index in [9.17, 15) is 4.79 Å². The van der Waals surface area contributed by atoms with Gasteiger partial charge in [-0.3, -0.25) is 0 Å². The van der Waals surface area contributed by atoms with Crippen molar-refractivity contribution in [1.29, 1.82) is 0 Å². The largest absolute Gasteiger partial charge is 0.464 e. The number of anilines is 1. The second-order valence-electron chi connectivity index (χ2n) is 4.41. The third kappa shape index (κ3) is 2.38. The summed E-state index contributed by atoms with van der Waals surface area (Å²) >= 11 is 0. The van der Waals surface area contributed by atoms with Crippen molar-refractivity contribution >= 4 is 11.8 Å². The van der Waals surface area contributed by atoms with Crippen molar-refractivity contribution in [2.24, 2.45) is 0 Å². The number of rotatable bonds is 4. The number of nitrogens with one attached hydrogen (secondary N) is 1. The highest BCUT2D eigenvalue weighted by atomic mass is 16.5. The van der Waals surface area contributed by atoms with E-state index in [4.69, 9.17) is 0 Å². The van der Waals surface area contributed by atoms with Crippen molar-refractivity contribution in [1.82, 2.24) is 10.2 Å². The number of carbonyl (C=O) groups is 1. The molecule has 5 nitrogen and oxygen atoms in total. The first-order chi connectivity index (χ1) is 8.19. The fraction of sp³-hybridized carbons (Fsp3) is 0.583. The van der Waals surface area contributed by atoms with Gasteiger partial charge in [-0.2, -0.15) is 0 Å². The minimum absolute atomic E-state index is 0.182. The maximum atomic E-state index is 11.2. The molecule has 1 aromatic heterocycles. The maximum absolute atomic E-state index is 11.2. The standard InChI is InChI=1S/C12H17N3O2/c1-3-12(7-4-8-12)13-10-6-5-9(14-15-10)11(16)17-2/h5-6H,3-4,7-8H2,1-2H3,(H,13,15). The van der Waals surface area contributed by atoms with E-state index in [1.807, 2.05) is 0 Å². The quantitative estimate of drug-likeness (QED) is 0.809. The molecular weight excluding hydrogens is 218 g/mol. The summed E-state index contributed by atoms with van der Waals surface area (Å²) in [5.41, 5.74) is 0.416. The van der Waals surface area contributed by atoms with Crippen molar-refractivity contribution in [3.05, 3.63) is 17.8 Å². The Kier molecular flexibility index (Phi) is 3.26. The number of esters is 1. The monoisotopic (exact) mass is 235 g/mol. The Hall–Kier alpha value is -1.65. The summed E-state index contributed by atoms with van der Waals surface area (Å²) in [5.74, 6) is 0.261. The van der Waals surface area contributed by atoms with Crippen LogP contribution in [0.4, 0.5) is 5.82 Å². The van der Waals surface area contributed by atoms with Crippen molar-refractivity contribution in [2.75, 3.05) is 12.4 Å². The third-order valence-corrected chi connectivity index (χ3v) is 3.44. The van der Waals surface area contributed by atoms with Gasteiger partial charge < -0.3 is 10.1 Å². The topological polar surface area (TPSA) is 64.1 Å². The SMILES string of the molecule is CCC1(Nc2ccc(C(=O)OC)nn2)CCC1. The summed E-state index contributed by atoms with van der Waals surface area (Å²) in [5, 5.41) is 11.2. The number of ether oxygens (including phenoxy) is 1. The number of hydrogen-bond donors (Lipinski definition) is 1. The van der Waals surface area contributed by atoms with Gasteiger partial charge in [-0.25, -0.2) is 4.79 Å². The second kappa shape index (κ2) is 4.69. The van der Waals surface area contributed by atoms with E-state index >= 15 is 0 Å². The van der Waals surface area contributed by atoms with Gasteiger partial charge in [-0.15, -0.1) is 10.2 Å². The molecule has 0 saturated heterocycles. The molecule has 1 fully saturated rings. The molecule has 1 N–H and O–H groups in total. The average molecular weight is 235 g/mol. The molecule has 0 bridgehead atoms. The Labute approximate surface area is 101 Å². The van der Waals surface area contributed by atoms with E-state index in [1.165, 1.54) is 26.4 Å². The van der Waals surface area contributed by atoms with Crippen LogP contribution in [0.1, 0.15) is 43.1 Å². The maximum Gasteiger partial charge on any atom is 0.358 e. The lowest BCUT2D eigenvalue weighted by Gasteiger charge is -2.42. The van der Waals surface area contributed by atoms with Gasteiger partial charge in [0, 0.05) is 5.54 Å². The second-order valence-corrected chi connectivity index (χ2v) is 4.41. The molecule has 17 heavy (non-hydrogen) atoms. The van der Waals surface area contributed by atoms with E-state index in [1.54, 1.807) is 12.1 Å². The van der Waals surface area contributed by atoms with Gasteiger partial charge in [-0.1, -0.05) is 6.92 Å². The molecule has 1 heterocycles. The van der Waals surface area contributed by atoms with Gasteiger partial charge in [-0.05, 0) is 37.8 Å². The molecule has 0 spiro atoms. The highest BCUT2D eigenvalue weighted by molar-refractivity contribution is 5.86. The lowest BCUT2D eigenvalue weighted by atomic mass is 9.75. The molecule has 1 aromatic rings. The summed E-state index contributed by atoms with van der Waals surface area (Å²) < 4.78 is 4.57. The van der Waals surface area contributed by atoms with Crippen LogP contribution in [0.15, 0.2) is 12.1 Å². The van der Waals surface area contributed by atoms with Gasteiger partial charge in [0.2, 0.25) is 0 Å². The number of aromatic nitrogens is 2. The first kappa shape index (κ1) is 11.8. The molecule has 92 valence electrons. The average Bonchev–Trinajstić information content (AvgIpc) is 2.33. The van der Waals surface area contributed by atoms with Gasteiger partial charge in [0.15, 0.2) is 5.69 Å². The molecule has 2 rings (SSSR count). The third-order valence-electron chi connectivity index (χ3n) is 3.44. The Bertz CT molecular complexity index is 393. The smallest absolute Gasteiger partial charge is 0.358 e. The Morgan fingerprint density at radius 3 is 2.65 bits per heavy atom. The highest BCUT2D eigenvalue weighted by Crippen LogP contribution is 2.37. The lowest BCUT2D eigenvalue weighted by molar-refractivity contribution is 0.0593. The molecule has 1 aliphatic carbocycles. The fourth-order valence-electron chi connectivity index (χ4n) is 2.05.